The van der Waals surface area contributed by atoms with E-state index in [0.29, 0.717) is 11.4 Å². The lowest BCUT2D eigenvalue weighted by Crippen LogP contribution is -1.96. The maximum Gasteiger partial charge on any atom is 0.311 e. The van der Waals surface area contributed by atoms with Gasteiger partial charge >= 0.3 is 5.69 Å². The Balaban J connectivity index is 2.47. The average Bonchev–Trinajstić information content (AvgIpc) is 2.47. The maximum atomic E-state index is 11.1. The molecule has 2 aromatic rings. The largest absolute Gasteiger partial charge is 0.449 e. The number of nitriles is 1. The van der Waals surface area contributed by atoms with E-state index in [1.54, 1.807) is 12.1 Å². The van der Waals surface area contributed by atoms with Crippen molar-refractivity contribution in [1.29, 1.82) is 5.26 Å². The van der Waals surface area contributed by atoms with Crippen molar-refractivity contribution in [2.24, 2.45) is 0 Å². The van der Waals surface area contributed by atoms with Crippen LogP contribution in [0.2, 0.25) is 5.02 Å². The Hall–Kier alpha value is -2.58. The minimum Gasteiger partial charge on any atom is -0.449 e. The lowest BCUT2D eigenvalue weighted by Gasteiger charge is -2.09. The third-order valence-corrected chi connectivity index (χ3v) is 3.15. The lowest BCUT2D eigenvalue weighted by molar-refractivity contribution is -0.385. The van der Waals surface area contributed by atoms with Crippen LogP contribution in [-0.4, -0.2) is 4.92 Å². The molecule has 0 aliphatic carbocycles. The van der Waals surface area contributed by atoms with Crippen LogP contribution in [0.3, 0.4) is 0 Å². The summed E-state index contributed by atoms with van der Waals surface area (Å²) in [5.41, 5.74) is 0.951. The summed E-state index contributed by atoms with van der Waals surface area (Å²) in [5, 5.41) is 20.6. The number of benzene rings is 2. The number of halogens is 1. The zero-order chi connectivity index (χ0) is 15.4. The summed E-state index contributed by atoms with van der Waals surface area (Å²) in [6.07, 6.45) is 0.682. The molecule has 0 bridgehead atoms. The SMILES string of the molecule is CCc1ccc(Oc2cc(Cl)ccc2C#N)c([N+](=O)[O-])c1. The fourth-order valence-corrected chi connectivity index (χ4v) is 1.97. The van der Waals surface area contributed by atoms with Gasteiger partial charge < -0.3 is 4.74 Å². The molecule has 5 nitrogen and oxygen atoms in total. The summed E-state index contributed by atoms with van der Waals surface area (Å²) < 4.78 is 5.52. The molecular weight excluding hydrogens is 292 g/mol. The van der Waals surface area contributed by atoms with Crippen LogP contribution < -0.4 is 4.74 Å². The van der Waals surface area contributed by atoms with Gasteiger partial charge in [0.2, 0.25) is 5.75 Å². The summed E-state index contributed by atoms with van der Waals surface area (Å²) in [7, 11) is 0. The monoisotopic (exact) mass is 302 g/mol. The third-order valence-electron chi connectivity index (χ3n) is 2.91. The van der Waals surface area contributed by atoms with E-state index in [-0.39, 0.29) is 22.7 Å². The van der Waals surface area contributed by atoms with E-state index in [4.69, 9.17) is 21.6 Å². The van der Waals surface area contributed by atoms with Gasteiger partial charge in [0.25, 0.3) is 0 Å². The van der Waals surface area contributed by atoms with Crippen molar-refractivity contribution >= 4 is 17.3 Å². The first-order chi connectivity index (χ1) is 10.0. The summed E-state index contributed by atoms with van der Waals surface area (Å²) in [4.78, 5) is 10.6. The van der Waals surface area contributed by atoms with Crippen LogP contribution in [0.5, 0.6) is 11.5 Å². The van der Waals surface area contributed by atoms with Crippen LogP contribution in [0.25, 0.3) is 0 Å². The van der Waals surface area contributed by atoms with E-state index in [0.717, 1.165) is 5.56 Å². The number of rotatable bonds is 4. The van der Waals surface area contributed by atoms with Crippen LogP contribution in [-0.2, 0) is 6.42 Å². The van der Waals surface area contributed by atoms with Crippen molar-refractivity contribution in [2.45, 2.75) is 13.3 Å². The molecule has 2 rings (SSSR count). The number of ether oxygens (including phenoxy) is 1. The first-order valence-corrected chi connectivity index (χ1v) is 6.57. The molecule has 0 saturated heterocycles. The molecule has 0 atom stereocenters. The van der Waals surface area contributed by atoms with Crippen LogP contribution >= 0.6 is 11.6 Å². The van der Waals surface area contributed by atoms with Gasteiger partial charge in [-0.15, -0.1) is 0 Å². The Morgan fingerprint density at radius 1 is 1.29 bits per heavy atom. The first kappa shape index (κ1) is 14.8. The molecule has 6 heteroatoms. The molecule has 0 fully saturated rings. The lowest BCUT2D eigenvalue weighted by atomic mass is 10.1. The highest BCUT2D eigenvalue weighted by Crippen LogP contribution is 2.34. The molecule has 2 aromatic carbocycles. The molecule has 0 saturated carbocycles. The zero-order valence-corrected chi connectivity index (χ0v) is 11.9. The van der Waals surface area contributed by atoms with Crippen molar-refractivity contribution in [2.75, 3.05) is 0 Å². The Bertz CT molecular complexity index is 738. The van der Waals surface area contributed by atoms with E-state index < -0.39 is 4.92 Å². The normalized spacial score (nSPS) is 9.95. The second-order valence-corrected chi connectivity index (χ2v) is 4.70. The summed E-state index contributed by atoms with van der Waals surface area (Å²) in [5.74, 6) is 0.272. The van der Waals surface area contributed by atoms with Gasteiger partial charge in [-0.25, -0.2) is 0 Å². The topological polar surface area (TPSA) is 76.2 Å². The highest BCUT2D eigenvalue weighted by Gasteiger charge is 2.18. The predicted octanol–water partition coefficient (Wildman–Crippen LogP) is 4.47. The summed E-state index contributed by atoms with van der Waals surface area (Å²) in [6.45, 7) is 1.91. The van der Waals surface area contributed by atoms with Crippen molar-refractivity contribution < 1.29 is 9.66 Å². The fourth-order valence-electron chi connectivity index (χ4n) is 1.80. The predicted molar refractivity (Wildman–Crippen MR) is 78.7 cm³/mol. The van der Waals surface area contributed by atoms with Crippen LogP contribution in [0.15, 0.2) is 36.4 Å². The van der Waals surface area contributed by atoms with Crippen molar-refractivity contribution in [3.63, 3.8) is 0 Å². The van der Waals surface area contributed by atoms with E-state index in [9.17, 15) is 10.1 Å². The van der Waals surface area contributed by atoms with Gasteiger partial charge in [-0.3, -0.25) is 10.1 Å². The van der Waals surface area contributed by atoms with E-state index in [2.05, 4.69) is 0 Å². The number of nitro groups is 1. The van der Waals surface area contributed by atoms with Gasteiger partial charge in [0.1, 0.15) is 11.8 Å². The molecule has 0 N–H and O–H groups in total. The highest BCUT2D eigenvalue weighted by molar-refractivity contribution is 6.30. The Morgan fingerprint density at radius 2 is 2.05 bits per heavy atom. The Labute approximate surface area is 126 Å². The molecule has 0 amide bonds. The van der Waals surface area contributed by atoms with Gasteiger partial charge in [0.05, 0.1) is 10.5 Å². The molecule has 21 heavy (non-hydrogen) atoms. The molecule has 0 aliphatic rings. The van der Waals surface area contributed by atoms with Crippen LogP contribution in [0.4, 0.5) is 5.69 Å². The number of aryl methyl sites for hydroxylation is 1. The Kier molecular flexibility index (Phi) is 4.41. The Morgan fingerprint density at radius 3 is 2.67 bits per heavy atom. The minimum atomic E-state index is -0.509. The number of nitrogens with zero attached hydrogens (tertiary/aromatic N) is 2. The maximum absolute atomic E-state index is 11.1. The highest BCUT2D eigenvalue weighted by atomic mass is 35.5. The molecular formula is C15H11ClN2O3. The van der Waals surface area contributed by atoms with Gasteiger partial charge in [0.15, 0.2) is 0 Å². The van der Waals surface area contributed by atoms with Crippen LogP contribution in [0, 0.1) is 21.4 Å². The molecule has 0 unspecified atom stereocenters. The van der Waals surface area contributed by atoms with Gasteiger partial charge in [0, 0.05) is 17.2 Å². The van der Waals surface area contributed by atoms with Crippen molar-refractivity contribution in [3.8, 4) is 17.6 Å². The van der Waals surface area contributed by atoms with Crippen molar-refractivity contribution in [1.82, 2.24) is 0 Å². The molecule has 106 valence electrons. The standard InChI is InChI=1S/C15H11ClN2O3/c1-2-10-3-6-14(13(7-10)18(19)20)21-15-8-12(16)5-4-11(15)9-17/h3-8H,2H2,1H3. The first-order valence-electron chi connectivity index (χ1n) is 6.20. The zero-order valence-electron chi connectivity index (χ0n) is 11.2. The molecule has 0 aliphatic heterocycles. The summed E-state index contributed by atoms with van der Waals surface area (Å²) in [6, 6.07) is 11.2. The second kappa shape index (κ2) is 6.25. The molecule has 0 spiro atoms. The molecule has 0 aromatic heterocycles. The van der Waals surface area contributed by atoms with Crippen molar-refractivity contribution in [3.05, 3.63) is 62.7 Å². The number of nitro benzene ring substituents is 1. The van der Waals surface area contributed by atoms with E-state index in [1.165, 1.54) is 24.3 Å². The smallest absolute Gasteiger partial charge is 0.311 e. The van der Waals surface area contributed by atoms with Gasteiger partial charge in [-0.05, 0) is 30.2 Å². The number of hydrogen-bond acceptors (Lipinski definition) is 4. The summed E-state index contributed by atoms with van der Waals surface area (Å²) >= 11 is 5.87. The van der Waals surface area contributed by atoms with Gasteiger partial charge in [-0.2, -0.15) is 5.26 Å². The van der Waals surface area contributed by atoms with E-state index >= 15 is 0 Å². The second-order valence-electron chi connectivity index (χ2n) is 4.27. The number of hydrogen-bond donors (Lipinski definition) is 0. The minimum absolute atomic E-state index is 0.0796. The van der Waals surface area contributed by atoms with Crippen LogP contribution in [0.1, 0.15) is 18.1 Å². The molecule has 0 heterocycles. The van der Waals surface area contributed by atoms with E-state index in [1.807, 2.05) is 13.0 Å². The quantitative estimate of drug-likeness (QED) is 0.616. The molecule has 0 radical (unpaired) electrons. The average molecular weight is 303 g/mol. The van der Waals surface area contributed by atoms with Gasteiger partial charge in [-0.1, -0.05) is 24.6 Å². The fraction of sp³-hybridized carbons (Fsp3) is 0.133. The third kappa shape index (κ3) is 3.30.